The maximum absolute atomic E-state index is 12.8. The number of carbonyl (C=O) groups is 2. The highest BCUT2D eigenvalue weighted by atomic mass is 35.5. The molecule has 0 fully saturated rings. The topological polar surface area (TPSA) is 70.2 Å². The zero-order valence-corrected chi connectivity index (χ0v) is 14.6. The summed E-state index contributed by atoms with van der Waals surface area (Å²) in [4.78, 5) is 24.7. The van der Waals surface area contributed by atoms with Crippen LogP contribution in [0.15, 0.2) is 59.8 Å². The van der Waals surface area contributed by atoms with Crippen LogP contribution in [0.5, 0.6) is 0 Å². The van der Waals surface area contributed by atoms with Crippen LogP contribution < -0.4 is 16.0 Å². The second-order valence-corrected chi connectivity index (χ2v) is 6.38. The van der Waals surface area contributed by atoms with E-state index in [1.165, 1.54) is 0 Å². The van der Waals surface area contributed by atoms with Crippen LogP contribution in [0.4, 0.5) is 10.5 Å². The Hall–Kier alpha value is -2.79. The molecule has 3 N–H and O–H groups in total. The second kappa shape index (κ2) is 6.99. The standard InChI is InChI=1S/C19H18ClN3O2/c1-11-3-9-15(10-4-11)22-18(24)16-12(2)21-19(25)23-17(16)13-5-7-14(20)8-6-13/h3-10,17H,1-2H3,(H,22,24)(H2,21,23,25)/t17-/m1/s1. The molecule has 3 amide bonds. The monoisotopic (exact) mass is 355 g/mol. The van der Waals surface area contributed by atoms with Crippen LogP contribution in [0.25, 0.3) is 0 Å². The molecule has 0 unspecified atom stereocenters. The van der Waals surface area contributed by atoms with E-state index in [0.717, 1.165) is 11.1 Å². The van der Waals surface area contributed by atoms with Crippen LogP contribution >= 0.6 is 11.6 Å². The van der Waals surface area contributed by atoms with E-state index in [1.807, 2.05) is 31.2 Å². The number of aryl methyl sites for hydroxylation is 1. The van der Waals surface area contributed by atoms with Crippen molar-refractivity contribution in [3.63, 3.8) is 0 Å². The van der Waals surface area contributed by atoms with Crippen molar-refractivity contribution in [2.24, 2.45) is 0 Å². The Bertz CT molecular complexity index is 842. The van der Waals surface area contributed by atoms with E-state index >= 15 is 0 Å². The fourth-order valence-corrected chi connectivity index (χ4v) is 2.86. The van der Waals surface area contributed by atoms with E-state index in [9.17, 15) is 9.59 Å². The van der Waals surface area contributed by atoms with Gasteiger partial charge in [0.25, 0.3) is 5.91 Å². The summed E-state index contributed by atoms with van der Waals surface area (Å²) in [7, 11) is 0. The molecule has 2 aromatic carbocycles. The van der Waals surface area contributed by atoms with Gasteiger partial charge in [-0.15, -0.1) is 0 Å². The zero-order valence-electron chi connectivity index (χ0n) is 13.9. The third kappa shape index (κ3) is 3.83. The van der Waals surface area contributed by atoms with E-state index in [4.69, 9.17) is 11.6 Å². The summed E-state index contributed by atoms with van der Waals surface area (Å²) in [6.07, 6.45) is 0. The van der Waals surface area contributed by atoms with Gasteiger partial charge in [-0.25, -0.2) is 4.79 Å². The van der Waals surface area contributed by atoms with Crippen molar-refractivity contribution >= 4 is 29.2 Å². The molecule has 0 bridgehead atoms. The largest absolute Gasteiger partial charge is 0.327 e. The smallest absolute Gasteiger partial charge is 0.319 e. The number of nitrogens with one attached hydrogen (secondary N) is 3. The highest BCUT2D eigenvalue weighted by Gasteiger charge is 2.31. The summed E-state index contributed by atoms with van der Waals surface area (Å²) < 4.78 is 0. The van der Waals surface area contributed by atoms with Crippen molar-refractivity contribution in [1.82, 2.24) is 10.6 Å². The summed E-state index contributed by atoms with van der Waals surface area (Å²) in [5.41, 5.74) is 3.57. The lowest BCUT2D eigenvalue weighted by atomic mass is 9.95. The molecule has 0 saturated heterocycles. The first-order chi connectivity index (χ1) is 11.9. The Morgan fingerprint density at radius 3 is 2.32 bits per heavy atom. The maximum Gasteiger partial charge on any atom is 0.319 e. The number of benzene rings is 2. The first-order valence-corrected chi connectivity index (χ1v) is 8.23. The van der Waals surface area contributed by atoms with Crippen LogP contribution in [0.1, 0.15) is 24.1 Å². The number of allylic oxidation sites excluding steroid dienone is 1. The summed E-state index contributed by atoms with van der Waals surface area (Å²) in [6, 6.07) is 13.7. The van der Waals surface area contributed by atoms with Crippen LogP contribution in [-0.4, -0.2) is 11.9 Å². The van der Waals surface area contributed by atoms with E-state index in [2.05, 4.69) is 16.0 Å². The van der Waals surface area contributed by atoms with Gasteiger partial charge in [0.2, 0.25) is 0 Å². The molecule has 0 aliphatic carbocycles. The molecule has 128 valence electrons. The molecule has 2 aromatic rings. The van der Waals surface area contributed by atoms with E-state index in [-0.39, 0.29) is 11.9 Å². The molecule has 0 spiro atoms. The Morgan fingerprint density at radius 2 is 1.68 bits per heavy atom. The predicted octanol–water partition coefficient (Wildman–Crippen LogP) is 3.92. The molecule has 1 aliphatic rings. The van der Waals surface area contributed by atoms with Gasteiger partial charge in [0.05, 0.1) is 11.6 Å². The Morgan fingerprint density at radius 1 is 1.04 bits per heavy atom. The molecule has 1 atom stereocenters. The van der Waals surface area contributed by atoms with Gasteiger partial charge in [-0.2, -0.15) is 0 Å². The molecule has 0 saturated carbocycles. The van der Waals surface area contributed by atoms with Crippen LogP contribution in [0, 0.1) is 6.92 Å². The van der Waals surface area contributed by atoms with Crippen molar-refractivity contribution in [3.8, 4) is 0 Å². The van der Waals surface area contributed by atoms with Gasteiger partial charge in [0.1, 0.15) is 0 Å². The molecule has 1 aliphatic heterocycles. The predicted molar refractivity (Wildman–Crippen MR) is 98.4 cm³/mol. The van der Waals surface area contributed by atoms with Crippen molar-refractivity contribution in [2.45, 2.75) is 19.9 Å². The third-order valence-corrected chi connectivity index (χ3v) is 4.28. The fourth-order valence-electron chi connectivity index (χ4n) is 2.74. The summed E-state index contributed by atoms with van der Waals surface area (Å²) >= 11 is 5.94. The highest BCUT2D eigenvalue weighted by Crippen LogP contribution is 2.28. The minimum absolute atomic E-state index is 0.270. The lowest BCUT2D eigenvalue weighted by molar-refractivity contribution is -0.113. The number of hydrogen-bond acceptors (Lipinski definition) is 2. The van der Waals surface area contributed by atoms with E-state index in [1.54, 1.807) is 31.2 Å². The van der Waals surface area contributed by atoms with Crippen molar-refractivity contribution in [2.75, 3.05) is 5.32 Å². The van der Waals surface area contributed by atoms with Gasteiger partial charge >= 0.3 is 6.03 Å². The lowest BCUT2D eigenvalue weighted by Crippen LogP contribution is -2.45. The molecule has 1 heterocycles. The molecule has 25 heavy (non-hydrogen) atoms. The number of anilines is 1. The molecule has 3 rings (SSSR count). The number of rotatable bonds is 3. The summed E-state index contributed by atoms with van der Waals surface area (Å²) in [5.74, 6) is -0.270. The molecule has 0 radical (unpaired) electrons. The first-order valence-electron chi connectivity index (χ1n) is 7.86. The number of halogens is 1. The molecular formula is C19H18ClN3O2. The van der Waals surface area contributed by atoms with Gasteiger partial charge in [0.15, 0.2) is 0 Å². The average Bonchev–Trinajstić information content (AvgIpc) is 2.57. The number of carbonyl (C=O) groups excluding carboxylic acids is 2. The highest BCUT2D eigenvalue weighted by molar-refractivity contribution is 6.30. The van der Waals surface area contributed by atoms with Gasteiger partial charge in [-0.05, 0) is 43.7 Å². The van der Waals surface area contributed by atoms with E-state index < -0.39 is 6.04 Å². The quantitative estimate of drug-likeness (QED) is 0.781. The summed E-state index contributed by atoms with van der Waals surface area (Å²) in [6.45, 7) is 3.70. The third-order valence-electron chi connectivity index (χ3n) is 4.03. The summed E-state index contributed by atoms with van der Waals surface area (Å²) in [5, 5.41) is 8.93. The normalized spacial score (nSPS) is 16.9. The van der Waals surface area contributed by atoms with Crippen molar-refractivity contribution in [3.05, 3.63) is 76.0 Å². The molecular weight excluding hydrogens is 338 g/mol. The lowest BCUT2D eigenvalue weighted by Gasteiger charge is -2.28. The minimum atomic E-state index is -0.545. The maximum atomic E-state index is 12.8. The Kier molecular flexibility index (Phi) is 4.76. The molecule has 0 aromatic heterocycles. The zero-order chi connectivity index (χ0) is 18.0. The van der Waals surface area contributed by atoms with Crippen LogP contribution in [0.2, 0.25) is 5.02 Å². The van der Waals surface area contributed by atoms with Crippen molar-refractivity contribution in [1.29, 1.82) is 0 Å². The molecule has 6 heteroatoms. The number of urea groups is 1. The first kappa shape index (κ1) is 17.0. The van der Waals surface area contributed by atoms with Gasteiger partial charge in [-0.3, -0.25) is 4.79 Å². The van der Waals surface area contributed by atoms with Crippen LogP contribution in [0.3, 0.4) is 0 Å². The minimum Gasteiger partial charge on any atom is -0.327 e. The second-order valence-electron chi connectivity index (χ2n) is 5.94. The SMILES string of the molecule is CC1=C(C(=O)Nc2ccc(C)cc2)[C@@H](c2ccc(Cl)cc2)NC(=O)N1. The van der Waals surface area contributed by atoms with E-state index in [0.29, 0.717) is 22.0 Å². The van der Waals surface area contributed by atoms with Crippen molar-refractivity contribution < 1.29 is 9.59 Å². The fraction of sp³-hybridized carbons (Fsp3) is 0.158. The number of hydrogen-bond donors (Lipinski definition) is 3. The van der Waals surface area contributed by atoms with Gasteiger partial charge in [-0.1, -0.05) is 41.4 Å². The number of amides is 3. The average molecular weight is 356 g/mol. The van der Waals surface area contributed by atoms with Crippen LogP contribution in [-0.2, 0) is 4.79 Å². The Balaban J connectivity index is 1.92. The van der Waals surface area contributed by atoms with Gasteiger partial charge in [0, 0.05) is 16.4 Å². The Labute approximate surface area is 151 Å². The molecule has 5 nitrogen and oxygen atoms in total. The van der Waals surface area contributed by atoms with Gasteiger partial charge < -0.3 is 16.0 Å².